The van der Waals surface area contributed by atoms with Crippen LogP contribution in [-0.2, 0) is 6.54 Å². The molecule has 106 valence electrons. The van der Waals surface area contributed by atoms with Crippen LogP contribution in [0.3, 0.4) is 0 Å². The molecule has 0 spiro atoms. The van der Waals surface area contributed by atoms with Gasteiger partial charge in [-0.15, -0.1) is 0 Å². The second kappa shape index (κ2) is 8.25. The maximum absolute atomic E-state index is 11.7. The van der Waals surface area contributed by atoms with Crippen molar-refractivity contribution in [3.8, 4) is 0 Å². The molecule has 6 heteroatoms. The number of carbonyl (C=O) groups excluding carboxylic acids is 1. The number of aliphatic hydroxyl groups excluding tert-OH is 1. The van der Waals surface area contributed by atoms with Gasteiger partial charge in [-0.3, -0.25) is 0 Å². The van der Waals surface area contributed by atoms with Gasteiger partial charge in [-0.25, -0.2) is 4.79 Å². The minimum Gasteiger partial charge on any atom is -0.396 e. The monoisotopic (exact) mass is 304 g/mol. The predicted octanol–water partition coefficient (Wildman–Crippen LogP) is 2.95. The standard InChI is InChI=1S/C13H18Cl2N2O2/c1-2-11(5-6-18)17-13(19)16-8-9-3-4-10(14)7-12(9)15/h3-4,7,11,18H,2,5-6,8H2,1H3,(H2,16,17,19). The van der Waals surface area contributed by atoms with Gasteiger partial charge in [-0.2, -0.15) is 0 Å². The molecule has 0 aliphatic carbocycles. The third kappa shape index (κ3) is 5.68. The molecule has 0 bridgehead atoms. The Morgan fingerprint density at radius 1 is 1.42 bits per heavy atom. The number of hydrogen-bond donors (Lipinski definition) is 3. The highest BCUT2D eigenvalue weighted by atomic mass is 35.5. The van der Waals surface area contributed by atoms with Gasteiger partial charge in [0.15, 0.2) is 0 Å². The van der Waals surface area contributed by atoms with E-state index in [2.05, 4.69) is 10.6 Å². The van der Waals surface area contributed by atoms with Crippen LogP contribution in [0.2, 0.25) is 10.0 Å². The fourth-order valence-corrected chi connectivity index (χ4v) is 2.09. The van der Waals surface area contributed by atoms with Crippen molar-refractivity contribution in [2.24, 2.45) is 0 Å². The van der Waals surface area contributed by atoms with E-state index >= 15 is 0 Å². The first-order valence-electron chi connectivity index (χ1n) is 6.16. The molecule has 0 aliphatic heterocycles. The summed E-state index contributed by atoms with van der Waals surface area (Å²) < 4.78 is 0. The van der Waals surface area contributed by atoms with Gasteiger partial charge in [0.1, 0.15) is 0 Å². The maximum Gasteiger partial charge on any atom is 0.315 e. The molecule has 0 saturated carbocycles. The minimum absolute atomic E-state index is 0.0225. The van der Waals surface area contributed by atoms with Gasteiger partial charge < -0.3 is 15.7 Å². The number of aliphatic hydroxyl groups is 1. The fraction of sp³-hybridized carbons (Fsp3) is 0.462. The lowest BCUT2D eigenvalue weighted by molar-refractivity contribution is 0.227. The van der Waals surface area contributed by atoms with Crippen molar-refractivity contribution in [1.82, 2.24) is 10.6 Å². The SMILES string of the molecule is CCC(CCO)NC(=O)NCc1ccc(Cl)cc1Cl. The van der Waals surface area contributed by atoms with Gasteiger partial charge in [0.05, 0.1) is 0 Å². The summed E-state index contributed by atoms with van der Waals surface area (Å²) in [5.74, 6) is 0. The lowest BCUT2D eigenvalue weighted by atomic mass is 10.1. The van der Waals surface area contributed by atoms with Crippen molar-refractivity contribution in [3.05, 3.63) is 33.8 Å². The van der Waals surface area contributed by atoms with E-state index in [1.807, 2.05) is 6.92 Å². The molecule has 0 radical (unpaired) electrons. The van der Waals surface area contributed by atoms with Crippen LogP contribution in [0.5, 0.6) is 0 Å². The van der Waals surface area contributed by atoms with E-state index in [1.165, 1.54) is 0 Å². The van der Waals surface area contributed by atoms with Gasteiger partial charge in [0, 0.05) is 29.2 Å². The average Bonchev–Trinajstić information content (AvgIpc) is 2.37. The quantitative estimate of drug-likeness (QED) is 0.756. The first-order chi connectivity index (χ1) is 9.06. The van der Waals surface area contributed by atoms with Crippen LogP contribution in [-0.4, -0.2) is 23.8 Å². The van der Waals surface area contributed by atoms with E-state index < -0.39 is 0 Å². The summed E-state index contributed by atoms with van der Waals surface area (Å²) in [5.41, 5.74) is 0.802. The molecule has 1 rings (SSSR count). The highest BCUT2D eigenvalue weighted by Crippen LogP contribution is 2.20. The van der Waals surface area contributed by atoms with Gasteiger partial charge >= 0.3 is 6.03 Å². The van der Waals surface area contributed by atoms with Gasteiger partial charge in [-0.1, -0.05) is 36.2 Å². The molecule has 0 saturated heterocycles. The Labute approximate surface area is 123 Å². The first kappa shape index (κ1) is 16.1. The molecule has 0 aliphatic rings. The Morgan fingerprint density at radius 3 is 2.74 bits per heavy atom. The number of carbonyl (C=O) groups is 1. The van der Waals surface area contributed by atoms with Gasteiger partial charge in [0.25, 0.3) is 0 Å². The molecular formula is C13H18Cl2N2O2. The molecule has 2 amide bonds. The molecule has 1 atom stereocenters. The number of urea groups is 1. The van der Waals surface area contributed by atoms with Crippen LogP contribution in [0.25, 0.3) is 0 Å². The van der Waals surface area contributed by atoms with E-state index in [1.54, 1.807) is 18.2 Å². The Kier molecular flexibility index (Phi) is 6.99. The van der Waals surface area contributed by atoms with Crippen molar-refractivity contribution >= 4 is 29.2 Å². The smallest absolute Gasteiger partial charge is 0.315 e. The van der Waals surface area contributed by atoms with Crippen LogP contribution in [0.4, 0.5) is 4.79 Å². The van der Waals surface area contributed by atoms with Crippen molar-refractivity contribution in [3.63, 3.8) is 0 Å². The minimum atomic E-state index is -0.272. The Bertz CT molecular complexity index is 427. The Hall–Kier alpha value is -0.970. The highest BCUT2D eigenvalue weighted by Gasteiger charge is 2.10. The second-order valence-electron chi connectivity index (χ2n) is 4.18. The predicted molar refractivity (Wildman–Crippen MR) is 77.6 cm³/mol. The number of halogens is 2. The third-order valence-corrected chi connectivity index (χ3v) is 3.35. The average molecular weight is 305 g/mol. The topological polar surface area (TPSA) is 61.4 Å². The summed E-state index contributed by atoms with van der Waals surface area (Å²) in [4.78, 5) is 11.7. The zero-order valence-electron chi connectivity index (χ0n) is 10.7. The third-order valence-electron chi connectivity index (χ3n) is 2.76. The molecular weight excluding hydrogens is 287 g/mol. The summed E-state index contributed by atoms with van der Waals surface area (Å²) in [6.45, 7) is 2.34. The van der Waals surface area contributed by atoms with Crippen molar-refractivity contribution in [1.29, 1.82) is 0 Å². The first-order valence-corrected chi connectivity index (χ1v) is 6.91. The Morgan fingerprint density at radius 2 is 2.16 bits per heavy atom. The van der Waals surface area contributed by atoms with Crippen molar-refractivity contribution in [2.45, 2.75) is 32.4 Å². The number of benzene rings is 1. The van der Waals surface area contributed by atoms with Crippen molar-refractivity contribution in [2.75, 3.05) is 6.61 Å². The number of rotatable bonds is 6. The van der Waals surface area contributed by atoms with Crippen molar-refractivity contribution < 1.29 is 9.90 Å². The molecule has 0 heterocycles. The zero-order valence-corrected chi connectivity index (χ0v) is 12.3. The second-order valence-corrected chi connectivity index (χ2v) is 5.02. The molecule has 3 N–H and O–H groups in total. The van der Waals surface area contributed by atoms with E-state index in [9.17, 15) is 4.79 Å². The van der Waals surface area contributed by atoms with E-state index in [0.717, 1.165) is 12.0 Å². The summed E-state index contributed by atoms with van der Waals surface area (Å²) >= 11 is 11.8. The maximum atomic E-state index is 11.7. The largest absolute Gasteiger partial charge is 0.396 e. The molecule has 1 aromatic carbocycles. The van der Waals surface area contributed by atoms with Gasteiger partial charge in [-0.05, 0) is 30.5 Å². The van der Waals surface area contributed by atoms with Gasteiger partial charge in [0.2, 0.25) is 0 Å². The molecule has 4 nitrogen and oxygen atoms in total. The summed E-state index contributed by atoms with van der Waals surface area (Å²) in [6.07, 6.45) is 1.32. The molecule has 19 heavy (non-hydrogen) atoms. The summed E-state index contributed by atoms with van der Waals surface area (Å²) in [7, 11) is 0. The zero-order chi connectivity index (χ0) is 14.3. The van der Waals surface area contributed by atoms with Crippen LogP contribution in [0, 0.1) is 0 Å². The normalized spacial score (nSPS) is 12.0. The molecule has 0 fully saturated rings. The van der Waals surface area contributed by atoms with Crippen LogP contribution < -0.4 is 10.6 Å². The summed E-state index contributed by atoms with van der Waals surface area (Å²) in [5, 5.41) is 15.4. The summed E-state index contributed by atoms with van der Waals surface area (Å²) in [6, 6.07) is 4.84. The molecule has 1 unspecified atom stereocenters. The molecule has 1 aromatic rings. The fourth-order valence-electron chi connectivity index (χ4n) is 1.61. The number of amides is 2. The lowest BCUT2D eigenvalue weighted by Crippen LogP contribution is -2.41. The van der Waals surface area contributed by atoms with Crippen LogP contribution in [0.1, 0.15) is 25.3 Å². The van der Waals surface area contributed by atoms with E-state index in [4.69, 9.17) is 28.3 Å². The lowest BCUT2D eigenvalue weighted by Gasteiger charge is -2.16. The Balaban J connectivity index is 2.45. The van der Waals surface area contributed by atoms with Crippen LogP contribution in [0.15, 0.2) is 18.2 Å². The highest BCUT2D eigenvalue weighted by molar-refractivity contribution is 6.35. The van der Waals surface area contributed by atoms with E-state index in [0.29, 0.717) is 23.0 Å². The number of hydrogen-bond acceptors (Lipinski definition) is 2. The molecule has 0 aromatic heterocycles. The number of nitrogens with one attached hydrogen (secondary N) is 2. The van der Waals surface area contributed by atoms with Crippen LogP contribution >= 0.6 is 23.2 Å². The van der Waals surface area contributed by atoms with E-state index in [-0.39, 0.29) is 18.7 Å².